The van der Waals surface area contributed by atoms with Crippen LogP contribution in [0.15, 0.2) is 36.4 Å². The number of alkyl halides is 3. The number of rotatable bonds is 3. The van der Waals surface area contributed by atoms with Gasteiger partial charge in [0.25, 0.3) is 0 Å². The number of nitrogens with zero attached hydrogens (tertiary/aromatic N) is 1. The molecule has 1 N–H and O–H groups in total. The van der Waals surface area contributed by atoms with Gasteiger partial charge in [0, 0.05) is 13.1 Å². The topological polar surface area (TPSA) is 32.7 Å². The summed E-state index contributed by atoms with van der Waals surface area (Å²) in [4.78, 5) is 2.25. The molecule has 0 aliphatic carbocycles. The fourth-order valence-corrected chi connectivity index (χ4v) is 4.26. The highest BCUT2D eigenvalue weighted by Gasteiger charge is 2.33. The van der Waals surface area contributed by atoms with Crippen LogP contribution in [-0.2, 0) is 21.7 Å². The van der Waals surface area contributed by atoms with Crippen LogP contribution in [0, 0.1) is 0 Å². The molecule has 3 rings (SSSR count). The minimum absolute atomic E-state index is 0.232. The Balaban J connectivity index is 2.21. The van der Waals surface area contributed by atoms with Crippen LogP contribution in [0.3, 0.4) is 0 Å². The zero-order valence-corrected chi connectivity index (χ0v) is 19.8. The zero-order valence-electron chi connectivity index (χ0n) is 19.8. The second-order valence-electron chi connectivity index (χ2n) is 10.6. The number of phenolic OH excluding ortho intramolecular Hbond substituents is 1. The molecule has 1 atom stereocenters. The summed E-state index contributed by atoms with van der Waals surface area (Å²) in [5.41, 5.74) is 2.20. The number of halogens is 3. The third-order valence-corrected chi connectivity index (χ3v) is 6.03. The molecule has 0 radical (unpaired) electrons. The van der Waals surface area contributed by atoms with Gasteiger partial charge in [0.15, 0.2) is 0 Å². The molecule has 0 aromatic heterocycles. The summed E-state index contributed by atoms with van der Waals surface area (Å²) in [7, 11) is 0. The van der Waals surface area contributed by atoms with Gasteiger partial charge in [-0.1, -0.05) is 53.7 Å². The van der Waals surface area contributed by atoms with E-state index in [4.69, 9.17) is 4.74 Å². The summed E-state index contributed by atoms with van der Waals surface area (Å²) in [6.07, 6.45) is -4.37. The second kappa shape index (κ2) is 8.71. The number of benzene rings is 2. The Labute approximate surface area is 189 Å². The number of hydrogen-bond donors (Lipinski definition) is 1. The van der Waals surface area contributed by atoms with Gasteiger partial charge in [-0.15, -0.1) is 0 Å². The third-order valence-electron chi connectivity index (χ3n) is 6.03. The van der Waals surface area contributed by atoms with Gasteiger partial charge < -0.3 is 9.84 Å². The van der Waals surface area contributed by atoms with Crippen molar-refractivity contribution < 1.29 is 23.0 Å². The molecule has 1 unspecified atom stereocenters. The van der Waals surface area contributed by atoms with Crippen molar-refractivity contribution in [2.24, 2.45) is 0 Å². The number of morpholine rings is 1. The molecule has 2 aromatic rings. The standard InChI is InChI=1S/C26H34F3NO2/c1-24(2,3)20-15-18(16-21(23(20)31)25(4,5)6)22(30-11-13-32-14-12-30)17-7-9-19(10-8-17)26(27,28)29/h7-10,15-16,22,31H,11-14H2,1-6H3. The number of phenols is 1. The highest BCUT2D eigenvalue weighted by molar-refractivity contribution is 5.52. The molecular weight excluding hydrogens is 415 g/mol. The van der Waals surface area contributed by atoms with Crippen molar-refractivity contribution in [3.05, 3.63) is 64.2 Å². The number of aromatic hydroxyl groups is 1. The van der Waals surface area contributed by atoms with E-state index in [1.807, 2.05) is 12.1 Å². The Morgan fingerprint density at radius 2 is 1.28 bits per heavy atom. The van der Waals surface area contributed by atoms with E-state index in [1.54, 1.807) is 12.1 Å². The first-order valence-electron chi connectivity index (χ1n) is 11.1. The molecule has 1 fully saturated rings. The van der Waals surface area contributed by atoms with Crippen molar-refractivity contribution in [1.82, 2.24) is 4.90 Å². The predicted octanol–water partition coefficient (Wildman–Crippen LogP) is 6.43. The van der Waals surface area contributed by atoms with E-state index in [0.29, 0.717) is 32.1 Å². The summed E-state index contributed by atoms with van der Waals surface area (Å²) in [6.45, 7) is 14.9. The van der Waals surface area contributed by atoms with Crippen molar-refractivity contribution in [1.29, 1.82) is 0 Å². The maximum absolute atomic E-state index is 13.2. The molecule has 0 bridgehead atoms. The Hall–Kier alpha value is -2.05. The largest absolute Gasteiger partial charge is 0.507 e. The lowest BCUT2D eigenvalue weighted by Gasteiger charge is -2.37. The normalized spacial score (nSPS) is 17.4. The zero-order chi connectivity index (χ0) is 23.9. The van der Waals surface area contributed by atoms with Crippen LogP contribution in [0.25, 0.3) is 0 Å². The quantitative estimate of drug-likeness (QED) is 0.586. The molecule has 2 aromatic carbocycles. The molecule has 3 nitrogen and oxygen atoms in total. The fourth-order valence-electron chi connectivity index (χ4n) is 4.26. The van der Waals surface area contributed by atoms with Crippen molar-refractivity contribution in [2.75, 3.05) is 26.3 Å². The molecule has 0 amide bonds. The molecule has 1 heterocycles. The van der Waals surface area contributed by atoms with E-state index in [9.17, 15) is 18.3 Å². The van der Waals surface area contributed by atoms with Crippen LogP contribution >= 0.6 is 0 Å². The van der Waals surface area contributed by atoms with Gasteiger partial charge in [0.1, 0.15) is 5.75 Å². The average Bonchev–Trinajstić information content (AvgIpc) is 2.68. The van der Waals surface area contributed by atoms with Crippen LogP contribution in [0.2, 0.25) is 0 Å². The molecule has 1 saturated heterocycles. The first kappa shape index (κ1) is 24.6. The molecule has 0 spiro atoms. The molecule has 0 saturated carbocycles. The summed E-state index contributed by atoms with van der Waals surface area (Å²) < 4.78 is 45.0. The van der Waals surface area contributed by atoms with Crippen molar-refractivity contribution in [3.63, 3.8) is 0 Å². The van der Waals surface area contributed by atoms with E-state index >= 15 is 0 Å². The maximum Gasteiger partial charge on any atom is 0.416 e. The average molecular weight is 450 g/mol. The monoisotopic (exact) mass is 449 g/mol. The van der Waals surface area contributed by atoms with Crippen LogP contribution in [0.5, 0.6) is 5.75 Å². The van der Waals surface area contributed by atoms with Gasteiger partial charge in [0.2, 0.25) is 0 Å². The molecule has 32 heavy (non-hydrogen) atoms. The van der Waals surface area contributed by atoms with Crippen molar-refractivity contribution in [2.45, 2.75) is 64.6 Å². The van der Waals surface area contributed by atoms with Gasteiger partial charge in [-0.25, -0.2) is 0 Å². The lowest BCUT2D eigenvalue weighted by atomic mass is 9.77. The Kier molecular flexibility index (Phi) is 6.69. The molecule has 6 heteroatoms. The van der Waals surface area contributed by atoms with Crippen molar-refractivity contribution in [3.8, 4) is 5.75 Å². The fraction of sp³-hybridized carbons (Fsp3) is 0.538. The smallest absolute Gasteiger partial charge is 0.416 e. The highest BCUT2D eigenvalue weighted by Crippen LogP contribution is 2.43. The first-order valence-corrected chi connectivity index (χ1v) is 11.1. The van der Waals surface area contributed by atoms with Gasteiger partial charge in [-0.05, 0) is 57.3 Å². The van der Waals surface area contributed by atoms with Crippen molar-refractivity contribution >= 4 is 0 Å². The van der Waals surface area contributed by atoms with Gasteiger partial charge in [-0.2, -0.15) is 13.2 Å². The lowest BCUT2D eigenvalue weighted by molar-refractivity contribution is -0.137. The Bertz CT molecular complexity index is 897. The number of hydrogen-bond acceptors (Lipinski definition) is 3. The summed E-state index contributed by atoms with van der Waals surface area (Å²) in [5.74, 6) is 0.293. The lowest BCUT2D eigenvalue weighted by Crippen LogP contribution is -2.39. The van der Waals surface area contributed by atoms with Crippen LogP contribution in [-0.4, -0.2) is 36.3 Å². The Morgan fingerprint density at radius 3 is 1.69 bits per heavy atom. The molecular formula is C26H34F3NO2. The minimum atomic E-state index is -4.37. The molecule has 1 aliphatic rings. The SMILES string of the molecule is CC(C)(C)c1cc(C(c2ccc(C(F)(F)F)cc2)N2CCOCC2)cc(C(C)(C)C)c1O. The molecule has 176 valence electrons. The van der Waals surface area contributed by atoms with Gasteiger partial charge >= 0.3 is 6.18 Å². The maximum atomic E-state index is 13.2. The molecule has 1 aliphatic heterocycles. The summed E-state index contributed by atoms with van der Waals surface area (Å²) in [6, 6.07) is 9.25. The summed E-state index contributed by atoms with van der Waals surface area (Å²) in [5, 5.41) is 11.1. The Morgan fingerprint density at radius 1 is 0.812 bits per heavy atom. The van der Waals surface area contributed by atoms with Crippen LogP contribution in [0.1, 0.15) is 75.4 Å². The second-order valence-corrected chi connectivity index (χ2v) is 10.6. The van der Waals surface area contributed by atoms with E-state index in [0.717, 1.165) is 34.4 Å². The van der Waals surface area contributed by atoms with Crippen LogP contribution in [0.4, 0.5) is 13.2 Å². The minimum Gasteiger partial charge on any atom is -0.507 e. The number of ether oxygens (including phenoxy) is 1. The third kappa shape index (κ3) is 5.29. The van der Waals surface area contributed by atoms with E-state index < -0.39 is 11.7 Å². The van der Waals surface area contributed by atoms with Gasteiger partial charge in [-0.3, -0.25) is 4.90 Å². The highest BCUT2D eigenvalue weighted by atomic mass is 19.4. The first-order chi connectivity index (χ1) is 14.7. The van der Waals surface area contributed by atoms with Crippen LogP contribution < -0.4 is 0 Å². The summed E-state index contributed by atoms with van der Waals surface area (Å²) >= 11 is 0. The predicted molar refractivity (Wildman–Crippen MR) is 121 cm³/mol. The van der Waals surface area contributed by atoms with Gasteiger partial charge in [0.05, 0.1) is 24.8 Å². The van der Waals surface area contributed by atoms with E-state index in [-0.39, 0.29) is 16.9 Å². The van der Waals surface area contributed by atoms with E-state index in [2.05, 4.69) is 46.4 Å². The van der Waals surface area contributed by atoms with E-state index in [1.165, 1.54) is 0 Å².